The summed E-state index contributed by atoms with van der Waals surface area (Å²) in [6, 6.07) is 5.16. The van der Waals surface area contributed by atoms with Crippen molar-refractivity contribution in [3.8, 4) is 5.69 Å². The van der Waals surface area contributed by atoms with E-state index in [0.717, 1.165) is 12.1 Å². The highest BCUT2D eigenvalue weighted by atomic mass is 35.5. The highest BCUT2D eigenvalue weighted by Gasteiger charge is 2.45. The molecule has 2 aromatic heterocycles. The van der Waals surface area contributed by atoms with Crippen LogP contribution in [0.2, 0.25) is 5.02 Å². The number of rotatable bonds is 3. The maximum atomic E-state index is 15.3. The molecule has 4 aromatic rings. The van der Waals surface area contributed by atoms with Crippen LogP contribution in [-0.4, -0.2) is 42.3 Å². The number of aromatic nitrogens is 5. The Hall–Kier alpha value is -3.47. The summed E-state index contributed by atoms with van der Waals surface area (Å²) >= 11 is 5.85. The number of nitrogens with zero attached hydrogens (tertiary/aromatic N) is 5. The van der Waals surface area contributed by atoms with Gasteiger partial charge >= 0.3 is 6.18 Å². The summed E-state index contributed by atoms with van der Waals surface area (Å²) in [4.78, 5) is 23.8. The highest BCUT2D eigenvalue weighted by Crippen LogP contribution is 2.41. The van der Waals surface area contributed by atoms with Gasteiger partial charge in [0.15, 0.2) is 0 Å². The first-order valence-electron chi connectivity index (χ1n) is 10.8. The normalized spacial score (nSPS) is 18.5. The fourth-order valence-electron chi connectivity index (χ4n) is 4.55. The molecule has 1 amide bonds. The molecule has 35 heavy (non-hydrogen) atoms. The lowest BCUT2D eigenvalue weighted by Crippen LogP contribution is -2.44. The fraction of sp³-hybridized carbons (Fsp3) is 0.304. The molecular formula is C23H19ClF4N6O. The Morgan fingerprint density at radius 1 is 1.20 bits per heavy atom. The van der Waals surface area contributed by atoms with Gasteiger partial charge in [0.1, 0.15) is 22.9 Å². The van der Waals surface area contributed by atoms with Crippen molar-refractivity contribution >= 4 is 28.5 Å². The van der Waals surface area contributed by atoms with Crippen LogP contribution in [-0.2, 0) is 11.7 Å². The van der Waals surface area contributed by atoms with Gasteiger partial charge in [-0.15, -0.1) is 0 Å². The van der Waals surface area contributed by atoms with Crippen molar-refractivity contribution < 1.29 is 22.4 Å². The number of alkyl halides is 3. The van der Waals surface area contributed by atoms with Gasteiger partial charge < -0.3 is 9.88 Å². The number of hydrogen-bond acceptors (Lipinski definition) is 4. The van der Waals surface area contributed by atoms with Crippen molar-refractivity contribution in [3.63, 3.8) is 0 Å². The van der Waals surface area contributed by atoms with Gasteiger partial charge in [-0.2, -0.15) is 28.2 Å². The smallest absolute Gasteiger partial charge is 0.340 e. The summed E-state index contributed by atoms with van der Waals surface area (Å²) in [5, 5.41) is 7.60. The van der Waals surface area contributed by atoms with E-state index in [1.807, 2.05) is 0 Å². The molecule has 0 spiro atoms. The first-order chi connectivity index (χ1) is 16.5. The number of halogens is 5. The third-order valence-electron chi connectivity index (χ3n) is 6.43. The molecule has 1 saturated heterocycles. The third kappa shape index (κ3) is 3.74. The zero-order valence-corrected chi connectivity index (χ0v) is 19.4. The molecular weight excluding hydrogens is 488 g/mol. The van der Waals surface area contributed by atoms with E-state index >= 15 is 4.39 Å². The first-order valence-corrected chi connectivity index (χ1v) is 11.1. The van der Waals surface area contributed by atoms with Gasteiger partial charge in [0.25, 0.3) is 5.91 Å². The summed E-state index contributed by atoms with van der Waals surface area (Å²) in [6.45, 7) is 3.61. The molecule has 1 aliphatic rings. The van der Waals surface area contributed by atoms with E-state index in [4.69, 9.17) is 11.6 Å². The Kier molecular flexibility index (Phi) is 5.35. The first kappa shape index (κ1) is 23.3. The van der Waals surface area contributed by atoms with E-state index in [9.17, 15) is 18.0 Å². The summed E-state index contributed by atoms with van der Waals surface area (Å²) in [5.41, 5.74) is -1.35. The summed E-state index contributed by atoms with van der Waals surface area (Å²) in [5.74, 6) is -0.987. The zero-order chi connectivity index (χ0) is 25.1. The molecule has 1 fully saturated rings. The number of benzene rings is 2. The molecule has 0 saturated carbocycles. The lowest BCUT2D eigenvalue weighted by Gasteiger charge is -2.34. The second-order valence-electron chi connectivity index (χ2n) is 8.68. The number of aryl methyl sites for hydroxylation is 1. The standard InChI is InChI=1S/C23H19ClF4N6O/c1-12-4-5-17(34-29-7-8-30-34)18(19(12)25)20(35)33-9-3-6-22(33,2)21-31-15-10-13(23(26,27)28)14(24)11-16(15)32-21/h4-5,7-8,10-11H,3,6,9H2,1-2H3,(H,31,32). The number of hydrogen-bond donors (Lipinski definition) is 1. The van der Waals surface area contributed by atoms with Crippen molar-refractivity contribution in [2.45, 2.75) is 38.4 Å². The average Bonchev–Trinajstić information content (AvgIpc) is 3.53. The quantitative estimate of drug-likeness (QED) is 0.377. The minimum absolute atomic E-state index is 0.139. The van der Waals surface area contributed by atoms with Crippen LogP contribution in [0.5, 0.6) is 0 Å². The van der Waals surface area contributed by atoms with Crippen LogP contribution >= 0.6 is 11.6 Å². The zero-order valence-electron chi connectivity index (χ0n) is 18.6. The number of likely N-dealkylation sites (tertiary alicyclic amines) is 1. The van der Waals surface area contributed by atoms with Crippen LogP contribution in [0.15, 0.2) is 36.7 Å². The second kappa shape index (κ2) is 8.04. The second-order valence-corrected chi connectivity index (χ2v) is 9.08. The van der Waals surface area contributed by atoms with Crippen molar-refractivity contribution in [2.75, 3.05) is 6.54 Å². The number of nitrogens with one attached hydrogen (secondary N) is 1. The van der Waals surface area contributed by atoms with E-state index in [0.29, 0.717) is 25.2 Å². The Labute approximate surface area is 201 Å². The predicted molar refractivity (Wildman–Crippen MR) is 120 cm³/mol. The Balaban J connectivity index is 1.60. The van der Waals surface area contributed by atoms with Crippen LogP contribution < -0.4 is 0 Å². The van der Waals surface area contributed by atoms with Gasteiger partial charge in [-0.1, -0.05) is 17.7 Å². The number of aromatic amines is 1. The molecule has 0 aliphatic carbocycles. The molecule has 0 bridgehead atoms. The van der Waals surface area contributed by atoms with Crippen LogP contribution in [0, 0.1) is 12.7 Å². The maximum absolute atomic E-state index is 15.3. The molecule has 1 N–H and O–H groups in total. The van der Waals surface area contributed by atoms with Crippen molar-refractivity contribution in [1.29, 1.82) is 0 Å². The Morgan fingerprint density at radius 3 is 2.60 bits per heavy atom. The highest BCUT2D eigenvalue weighted by molar-refractivity contribution is 6.32. The molecule has 2 aromatic carbocycles. The number of H-pyrrole nitrogens is 1. The van der Waals surface area contributed by atoms with Crippen molar-refractivity contribution in [2.24, 2.45) is 0 Å². The van der Waals surface area contributed by atoms with E-state index in [-0.39, 0.29) is 27.8 Å². The van der Waals surface area contributed by atoms with Gasteiger partial charge in [0.2, 0.25) is 0 Å². The number of carbonyl (C=O) groups excluding carboxylic acids is 1. The van der Waals surface area contributed by atoms with E-state index < -0.39 is 34.0 Å². The van der Waals surface area contributed by atoms with Gasteiger partial charge in [-0.05, 0) is 50.5 Å². The predicted octanol–water partition coefficient (Wildman–Crippen LogP) is 5.41. The molecule has 182 valence electrons. The minimum Gasteiger partial charge on any atom is -0.340 e. The Morgan fingerprint density at radius 2 is 1.91 bits per heavy atom. The largest absolute Gasteiger partial charge is 0.417 e. The average molecular weight is 507 g/mol. The summed E-state index contributed by atoms with van der Waals surface area (Å²) in [6.07, 6.45) is -0.727. The number of fused-ring (bicyclic) bond motifs is 1. The number of carbonyl (C=O) groups is 1. The van der Waals surface area contributed by atoms with Crippen molar-refractivity contribution in [3.05, 3.63) is 70.0 Å². The lowest BCUT2D eigenvalue weighted by molar-refractivity contribution is -0.137. The third-order valence-corrected chi connectivity index (χ3v) is 6.75. The van der Waals surface area contributed by atoms with Crippen LogP contribution in [0.25, 0.3) is 16.7 Å². The molecule has 12 heteroatoms. The maximum Gasteiger partial charge on any atom is 0.417 e. The van der Waals surface area contributed by atoms with Gasteiger partial charge in [0, 0.05) is 6.54 Å². The lowest BCUT2D eigenvalue weighted by atomic mass is 9.96. The molecule has 1 unspecified atom stereocenters. The monoisotopic (exact) mass is 506 g/mol. The Bertz CT molecular complexity index is 1450. The van der Waals surface area contributed by atoms with Gasteiger partial charge in [0.05, 0.1) is 39.6 Å². The molecule has 1 atom stereocenters. The minimum atomic E-state index is -4.63. The summed E-state index contributed by atoms with van der Waals surface area (Å²) < 4.78 is 55.3. The fourth-order valence-corrected chi connectivity index (χ4v) is 4.82. The number of imidazole rings is 1. The van der Waals surface area contributed by atoms with E-state index in [2.05, 4.69) is 20.2 Å². The van der Waals surface area contributed by atoms with Crippen LogP contribution in [0.3, 0.4) is 0 Å². The molecule has 3 heterocycles. The summed E-state index contributed by atoms with van der Waals surface area (Å²) in [7, 11) is 0. The molecule has 1 aliphatic heterocycles. The van der Waals surface area contributed by atoms with Crippen molar-refractivity contribution in [1.82, 2.24) is 29.9 Å². The van der Waals surface area contributed by atoms with Gasteiger partial charge in [-0.3, -0.25) is 4.79 Å². The number of amides is 1. The van der Waals surface area contributed by atoms with E-state index in [1.165, 1.54) is 28.2 Å². The van der Waals surface area contributed by atoms with Gasteiger partial charge in [-0.25, -0.2) is 9.37 Å². The molecule has 7 nitrogen and oxygen atoms in total. The topological polar surface area (TPSA) is 79.7 Å². The van der Waals surface area contributed by atoms with Crippen LogP contribution in [0.1, 0.15) is 47.1 Å². The van der Waals surface area contributed by atoms with E-state index in [1.54, 1.807) is 19.9 Å². The SMILES string of the molecule is Cc1ccc(-n2nccn2)c(C(=O)N2CCCC2(C)c2nc3cc(Cl)c(C(F)(F)F)cc3[nH]2)c1F. The van der Waals surface area contributed by atoms with Crippen LogP contribution in [0.4, 0.5) is 17.6 Å². The molecule has 5 rings (SSSR count). The molecule has 0 radical (unpaired) electrons.